The number of anilines is 1. The van der Waals surface area contributed by atoms with E-state index in [-0.39, 0.29) is 5.43 Å². The van der Waals surface area contributed by atoms with Gasteiger partial charge in [0.25, 0.3) is 0 Å². The second kappa shape index (κ2) is 8.20. The average molecular weight is 439 g/mol. The number of para-hydroxylation sites is 1. The molecule has 0 aliphatic heterocycles. The second-order valence-corrected chi connectivity index (χ2v) is 7.89. The van der Waals surface area contributed by atoms with Crippen LogP contribution >= 0.6 is 15.9 Å². The molecule has 4 aromatic rings. The van der Waals surface area contributed by atoms with E-state index in [9.17, 15) is 4.79 Å². The quantitative estimate of drug-likeness (QED) is 0.316. The molecule has 0 saturated carbocycles. The maximum atomic E-state index is 12.1. The predicted molar refractivity (Wildman–Crippen MR) is 120 cm³/mol. The molecule has 6 heteroatoms. The number of aromatic amines is 2. The topological polar surface area (TPSA) is 72.7 Å². The summed E-state index contributed by atoms with van der Waals surface area (Å²) in [6, 6.07) is 13.6. The van der Waals surface area contributed by atoms with E-state index >= 15 is 0 Å². The van der Waals surface area contributed by atoms with Crippen molar-refractivity contribution in [2.75, 3.05) is 18.4 Å². The van der Waals surface area contributed by atoms with Crippen LogP contribution in [0.5, 0.6) is 0 Å². The lowest BCUT2D eigenvalue weighted by Crippen LogP contribution is -2.18. The van der Waals surface area contributed by atoms with Gasteiger partial charge in [0, 0.05) is 40.6 Å². The van der Waals surface area contributed by atoms with E-state index in [2.05, 4.69) is 55.6 Å². The number of pyridine rings is 1. The van der Waals surface area contributed by atoms with E-state index in [1.54, 1.807) is 6.07 Å². The minimum atomic E-state index is 0.0375. The molecule has 2 aromatic heterocycles. The molecule has 0 atom stereocenters. The third-order valence-electron chi connectivity index (χ3n) is 4.86. The van der Waals surface area contributed by atoms with Gasteiger partial charge in [0.2, 0.25) is 0 Å². The Kier molecular flexibility index (Phi) is 5.50. The van der Waals surface area contributed by atoms with Gasteiger partial charge in [-0.05, 0) is 59.6 Å². The molecule has 4 N–H and O–H groups in total. The first-order valence-electron chi connectivity index (χ1n) is 9.44. The summed E-state index contributed by atoms with van der Waals surface area (Å²) in [5.74, 6) is 0.764. The van der Waals surface area contributed by atoms with Crippen molar-refractivity contribution in [3.05, 3.63) is 74.5 Å². The molecule has 0 aliphatic carbocycles. The molecule has 0 bridgehead atoms. The molecule has 2 aromatic carbocycles. The molecule has 28 heavy (non-hydrogen) atoms. The lowest BCUT2D eigenvalue weighted by atomic mass is 10.1. The number of halogens is 1. The number of H-pyrrole nitrogens is 2. The molecule has 144 valence electrons. The summed E-state index contributed by atoms with van der Waals surface area (Å²) in [6.07, 6.45) is 2.94. The van der Waals surface area contributed by atoms with E-state index in [4.69, 9.17) is 0 Å². The number of aromatic nitrogens is 2. The highest BCUT2D eigenvalue weighted by Gasteiger charge is 2.07. The molecule has 0 aliphatic rings. The monoisotopic (exact) mass is 438 g/mol. The summed E-state index contributed by atoms with van der Waals surface area (Å²) >= 11 is 3.59. The fraction of sp³-hybridized carbons (Fsp3) is 0.227. The van der Waals surface area contributed by atoms with E-state index in [0.29, 0.717) is 0 Å². The Hall–Kier alpha value is -2.57. The van der Waals surface area contributed by atoms with Crippen LogP contribution < -0.4 is 16.1 Å². The molecule has 0 amide bonds. The number of nitrogens with one attached hydrogen (secondary N) is 4. The Labute approximate surface area is 171 Å². The number of fused-ring (bicyclic) bond motifs is 2. The van der Waals surface area contributed by atoms with E-state index in [1.165, 1.54) is 22.0 Å². The molecular weight excluding hydrogens is 416 g/mol. The summed E-state index contributed by atoms with van der Waals surface area (Å²) in [7, 11) is 0. The van der Waals surface area contributed by atoms with Crippen LogP contribution in [0.3, 0.4) is 0 Å². The van der Waals surface area contributed by atoms with Gasteiger partial charge in [-0.2, -0.15) is 0 Å². The van der Waals surface area contributed by atoms with Crippen molar-refractivity contribution >= 4 is 43.6 Å². The molecule has 0 fully saturated rings. The van der Waals surface area contributed by atoms with Crippen LogP contribution in [0.15, 0.2) is 57.9 Å². The lowest BCUT2D eigenvalue weighted by molar-refractivity contribution is 0.664. The van der Waals surface area contributed by atoms with E-state index in [1.807, 2.05) is 30.5 Å². The lowest BCUT2D eigenvalue weighted by Gasteiger charge is -2.10. The largest absolute Gasteiger partial charge is 0.371 e. The summed E-state index contributed by atoms with van der Waals surface area (Å²) in [5, 5.41) is 8.76. The summed E-state index contributed by atoms with van der Waals surface area (Å²) in [4.78, 5) is 18.8. The van der Waals surface area contributed by atoms with Crippen molar-refractivity contribution in [3.63, 3.8) is 0 Å². The van der Waals surface area contributed by atoms with Crippen LogP contribution in [0.4, 0.5) is 5.82 Å². The summed E-state index contributed by atoms with van der Waals surface area (Å²) in [6.45, 7) is 4.62. The van der Waals surface area contributed by atoms with Crippen LogP contribution in [0, 0.1) is 6.92 Å². The summed E-state index contributed by atoms with van der Waals surface area (Å²) in [5.41, 5.74) is 4.60. The van der Waals surface area contributed by atoms with Crippen LogP contribution in [-0.4, -0.2) is 23.1 Å². The van der Waals surface area contributed by atoms with Crippen molar-refractivity contribution < 1.29 is 0 Å². The van der Waals surface area contributed by atoms with E-state index in [0.717, 1.165) is 47.2 Å². The molecule has 0 unspecified atom stereocenters. The highest BCUT2D eigenvalue weighted by Crippen LogP contribution is 2.27. The zero-order valence-electron chi connectivity index (χ0n) is 15.7. The molecule has 0 spiro atoms. The fourth-order valence-corrected chi connectivity index (χ4v) is 3.95. The van der Waals surface area contributed by atoms with Crippen molar-refractivity contribution in [3.8, 4) is 0 Å². The van der Waals surface area contributed by atoms with Crippen LogP contribution in [0.1, 0.15) is 17.5 Å². The minimum absolute atomic E-state index is 0.0375. The summed E-state index contributed by atoms with van der Waals surface area (Å²) < 4.78 is 1.10. The standard InChI is InChI=1S/C22H23BrN4O/c1-14-9-15(22-17(10-14)18(23)13-26-22)12-24-7-4-8-25-21-11-20(28)16-5-2-3-6-19(16)27-21/h2-3,5-6,9-11,13,24,26H,4,7-8,12H2,1H3,(H2,25,27,28). The van der Waals surface area contributed by atoms with Crippen LogP contribution in [0.2, 0.25) is 0 Å². The fourth-order valence-electron chi connectivity index (χ4n) is 3.52. The first-order valence-corrected chi connectivity index (χ1v) is 10.2. The first-order chi connectivity index (χ1) is 13.6. The van der Waals surface area contributed by atoms with Gasteiger partial charge in [-0.1, -0.05) is 23.8 Å². The van der Waals surface area contributed by atoms with Gasteiger partial charge >= 0.3 is 0 Å². The second-order valence-electron chi connectivity index (χ2n) is 7.03. The van der Waals surface area contributed by atoms with Crippen molar-refractivity contribution in [2.45, 2.75) is 19.9 Å². The van der Waals surface area contributed by atoms with Gasteiger partial charge in [0.1, 0.15) is 5.82 Å². The Morgan fingerprint density at radius 2 is 1.93 bits per heavy atom. The minimum Gasteiger partial charge on any atom is -0.371 e. The van der Waals surface area contributed by atoms with Crippen molar-refractivity contribution in [1.82, 2.24) is 15.3 Å². The number of hydrogen-bond donors (Lipinski definition) is 4. The number of aryl methyl sites for hydroxylation is 1. The van der Waals surface area contributed by atoms with Crippen LogP contribution in [-0.2, 0) is 6.54 Å². The van der Waals surface area contributed by atoms with Gasteiger partial charge in [0.05, 0.1) is 11.0 Å². The number of hydrogen-bond acceptors (Lipinski definition) is 3. The number of benzene rings is 2. The van der Waals surface area contributed by atoms with Gasteiger partial charge in [-0.15, -0.1) is 0 Å². The van der Waals surface area contributed by atoms with Crippen molar-refractivity contribution in [1.29, 1.82) is 0 Å². The third kappa shape index (κ3) is 3.98. The van der Waals surface area contributed by atoms with Gasteiger partial charge in [-0.3, -0.25) is 4.79 Å². The maximum absolute atomic E-state index is 12.1. The van der Waals surface area contributed by atoms with Crippen LogP contribution in [0.25, 0.3) is 21.8 Å². The SMILES string of the molecule is Cc1cc(CNCCCNc2cc(=O)c3ccccc3[nH]2)c2[nH]cc(Br)c2c1. The maximum Gasteiger partial charge on any atom is 0.191 e. The van der Waals surface area contributed by atoms with Gasteiger partial charge < -0.3 is 20.6 Å². The average Bonchev–Trinajstić information content (AvgIpc) is 3.05. The normalized spacial score (nSPS) is 11.4. The smallest absolute Gasteiger partial charge is 0.191 e. The Balaban J connectivity index is 1.30. The van der Waals surface area contributed by atoms with Gasteiger partial charge in [-0.25, -0.2) is 0 Å². The highest BCUT2D eigenvalue weighted by molar-refractivity contribution is 9.10. The Morgan fingerprint density at radius 1 is 1.07 bits per heavy atom. The molecular formula is C22H23BrN4O. The first kappa shape index (κ1) is 18.8. The number of rotatable bonds is 7. The molecule has 5 nitrogen and oxygen atoms in total. The van der Waals surface area contributed by atoms with Crippen molar-refractivity contribution in [2.24, 2.45) is 0 Å². The molecule has 2 heterocycles. The van der Waals surface area contributed by atoms with E-state index < -0.39 is 0 Å². The predicted octanol–water partition coefficient (Wildman–Crippen LogP) is 4.67. The molecule has 0 radical (unpaired) electrons. The molecule has 0 saturated heterocycles. The Bertz CT molecular complexity index is 1180. The Morgan fingerprint density at radius 3 is 2.82 bits per heavy atom. The molecule has 4 rings (SSSR count). The zero-order valence-corrected chi connectivity index (χ0v) is 17.3. The van der Waals surface area contributed by atoms with Gasteiger partial charge in [0.15, 0.2) is 5.43 Å². The third-order valence-corrected chi connectivity index (χ3v) is 5.52. The zero-order chi connectivity index (χ0) is 19.5. The highest BCUT2D eigenvalue weighted by atomic mass is 79.9.